The fraction of sp³-hybridized carbons (Fsp3) is 0.417. The van der Waals surface area contributed by atoms with Gasteiger partial charge in [-0.2, -0.15) is 0 Å². The van der Waals surface area contributed by atoms with Gasteiger partial charge in [0, 0.05) is 0 Å². The summed E-state index contributed by atoms with van der Waals surface area (Å²) in [5, 5.41) is 0. The Morgan fingerprint density at radius 3 is 1.96 bits per heavy atom. The minimum Gasteiger partial charge on any atom is -0.0956 e. The standard InChI is InChI=1S/C20H26.2C2H6/c1-14(2)16(4)9-10-17(5)18(6)13-20-11-8-15(3)12-19(20)7;2*1-2/h8-14H,4-5H2,1-3,6-7H3;2*1-2H3/b10-9-,18-13+;;. The van der Waals surface area contributed by atoms with E-state index in [1.165, 1.54) is 22.3 Å². The molecular weight excluding hydrogens is 288 g/mol. The zero-order chi connectivity index (χ0) is 19.3. The van der Waals surface area contributed by atoms with Gasteiger partial charge in [0.25, 0.3) is 0 Å². The lowest BCUT2D eigenvalue weighted by Gasteiger charge is -2.06. The quantitative estimate of drug-likeness (QED) is 0.480. The number of rotatable bonds is 5. The van der Waals surface area contributed by atoms with Crippen LogP contribution in [-0.4, -0.2) is 0 Å². The molecule has 0 unspecified atom stereocenters. The normalized spacial score (nSPS) is 10.7. The molecule has 0 heterocycles. The van der Waals surface area contributed by atoms with Gasteiger partial charge in [0.2, 0.25) is 0 Å². The van der Waals surface area contributed by atoms with Gasteiger partial charge < -0.3 is 0 Å². The SMILES string of the molecule is C=C(/C=C\C(=C)C(C)C)/C(C)=C/c1ccc(C)cc1C.CC.CC. The molecule has 24 heavy (non-hydrogen) atoms. The third kappa shape index (κ3) is 9.35. The molecule has 0 atom stereocenters. The topological polar surface area (TPSA) is 0 Å². The highest BCUT2D eigenvalue weighted by Gasteiger charge is 1.99. The number of allylic oxidation sites excluding steroid dienone is 5. The summed E-state index contributed by atoms with van der Waals surface area (Å²) in [4.78, 5) is 0. The van der Waals surface area contributed by atoms with Crippen LogP contribution in [0.15, 0.2) is 60.2 Å². The van der Waals surface area contributed by atoms with Crippen LogP contribution < -0.4 is 0 Å². The van der Waals surface area contributed by atoms with Crippen LogP contribution in [-0.2, 0) is 0 Å². The lowest BCUT2D eigenvalue weighted by atomic mass is 9.99. The maximum Gasteiger partial charge on any atom is -0.0224 e. The van der Waals surface area contributed by atoms with E-state index in [9.17, 15) is 0 Å². The minimum absolute atomic E-state index is 0.475. The van der Waals surface area contributed by atoms with Crippen molar-refractivity contribution in [3.8, 4) is 0 Å². The van der Waals surface area contributed by atoms with E-state index in [-0.39, 0.29) is 0 Å². The Bertz CT molecular complexity index is 566. The Morgan fingerprint density at radius 2 is 1.50 bits per heavy atom. The highest BCUT2D eigenvalue weighted by atomic mass is 14.0. The van der Waals surface area contributed by atoms with E-state index in [1.54, 1.807) is 0 Å². The molecule has 1 aromatic rings. The molecule has 0 saturated heterocycles. The van der Waals surface area contributed by atoms with Crippen molar-refractivity contribution in [3.05, 3.63) is 76.9 Å². The Labute approximate surface area is 151 Å². The summed E-state index contributed by atoms with van der Waals surface area (Å²) in [5.41, 5.74) is 7.20. The summed E-state index contributed by atoms with van der Waals surface area (Å²) in [7, 11) is 0. The van der Waals surface area contributed by atoms with Gasteiger partial charge in [-0.25, -0.2) is 0 Å². The van der Waals surface area contributed by atoms with Crippen LogP contribution in [0.5, 0.6) is 0 Å². The molecule has 0 aliphatic heterocycles. The molecule has 0 N–H and O–H groups in total. The number of benzene rings is 1. The lowest BCUT2D eigenvalue weighted by Crippen LogP contribution is -1.88. The van der Waals surface area contributed by atoms with Crippen molar-refractivity contribution >= 4 is 6.08 Å². The molecule has 0 aromatic heterocycles. The smallest absolute Gasteiger partial charge is 0.0224 e. The van der Waals surface area contributed by atoms with E-state index in [2.05, 4.69) is 84.2 Å². The summed E-state index contributed by atoms with van der Waals surface area (Å²) < 4.78 is 0. The second-order valence-corrected chi connectivity index (χ2v) is 5.78. The molecule has 0 saturated carbocycles. The fourth-order valence-corrected chi connectivity index (χ4v) is 1.85. The summed E-state index contributed by atoms with van der Waals surface area (Å²) in [5.74, 6) is 0.475. The first-order valence-corrected chi connectivity index (χ1v) is 9.13. The summed E-state index contributed by atoms with van der Waals surface area (Å²) >= 11 is 0. The van der Waals surface area contributed by atoms with Gasteiger partial charge in [-0.05, 0) is 49.0 Å². The third-order valence-electron chi connectivity index (χ3n) is 3.54. The summed E-state index contributed by atoms with van der Waals surface area (Å²) in [6, 6.07) is 6.52. The molecule has 0 amide bonds. The Kier molecular flexibility index (Phi) is 13.8. The zero-order valence-electron chi connectivity index (χ0n) is 17.5. The van der Waals surface area contributed by atoms with Gasteiger partial charge in [0.05, 0.1) is 0 Å². The molecule has 0 aliphatic carbocycles. The molecule has 0 radical (unpaired) electrons. The van der Waals surface area contributed by atoms with Crippen LogP contribution in [0.3, 0.4) is 0 Å². The van der Waals surface area contributed by atoms with E-state index in [4.69, 9.17) is 0 Å². The maximum absolute atomic E-state index is 4.13. The highest BCUT2D eigenvalue weighted by molar-refractivity contribution is 5.62. The molecule has 0 fully saturated rings. The molecule has 0 nitrogen and oxygen atoms in total. The van der Waals surface area contributed by atoms with E-state index in [1.807, 2.05) is 27.7 Å². The van der Waals surface area contributed by atoms with Crippen LogP contribution in [0.25, 0.3) is 6.08 Å². The predicted octanol–water partition coefficient (Wildman–Crippen LogP) is 8.08. The molecule has 134 valence electrons. The van der Waals surface area contributed by atoms with Crippen molar-refractivity contribution < 1.29 is 0 Å². The second kappa shape index (κ2) is 13.6. The first-order valence-electron chi connectivity index (χ1n) is 9.13. The van der Waals surface area contributed by atoms with Crippen LogP contribution in [0.1, 0.15) is 65.2 Å². The molecule has 0 spiro atoms. The van der Waals surface area contributed by atoms with Gasteiger partial charge in [0.15, 0.2) is 0 Å². The van der Waals surface area contributed by atoms with Crippen molar-refractivity contribution in [1.29, 1.82) is 0 Å². The molecule has 1 rings (SSSR count). The number of aryl methyl sites for hydroxylation is 2. The van der Waals surface area contributed by atoms with Crippen LogP contribution in [0, 0.1) is 19.8 Å². The van der Waals surface area contributed by atoms with E-state index in [0.717, 1.165) is 11.1 Å². The first-order chi connectivity index (χ1) is 11.3. The van der Waals surface area contributed by atoms with Gasteiger partial charge in [-0.1, -0.05) is 102 Å². The Morgan fingerprint density at radius 1 is 0.958 bits per heavy atom. The summed E-state index contributed by atoms with van der Waals surface area (Å²) in [6.45, 7) is 26.8. The monoisotopic (exact) mass is 326 g/mol. The van der Waals surface area contributed by atoms with E-state index >= 15 is 0 Å². The second-order valence-electron chi connectivity index (χ2n) is 5.78. The van der Waals surface area contributed by atoms with Crippen LogP contribution in [0.2, 0.25) is 0 Å². The van der Waals surface area contributed by atoms with E-state index < -0.39 is 0 Å². The number of hydrogen-bond acceptors (Lipinski definition) is 0. The fourth-order valence-electron chi connectivity index (χ4n) is 1.85. The lowest BCUT2D eigenvalue weighted by molar-refractivity contribution is 0.795. The average Bonchev–Trinajstić information content (AvgIpc) is 2.58. The molecule has 0 aliphatic rings. The van der Waals surface area contributed by atoms with E-state index in [0.29, 0.717) is 5.92 Å². The third-order valence-corrected chi connectivity index (χ3v) is 3.54. The van der Waals surface area contributed by atoms with Crippen molar-refractivity contribution in [2.75, 3.05) is 0 Å². The molecule has 1 aromatic carbocycles. The minimum atomic E-state index is 0.475. The van der Waals surface area contributed by atoms with Gasteiger partial charge >= 0.3 is 0 Å². The highest BCUT2D eigenvalue weighted by Crippen LogP contribution is 2.19. The largest absolute Gasteiger partial charge is 0.0956 e. The maximum atomic E-state index is 4.13. The summed E-state index contributed by atoms with van der Waals surface area (Å²) in [6.07, 6.45) is 6.31. The average molecular weight is 327 g/mol. The van der Waals surface area contributed by atoms with Crippen LogP contribution in [0.4, 0.5) is 0 Å². The Balaban J connectivity index is 0. The Hall–Kier alpha value is -1.82. The molecule has 0 bridgehead atoms. The van der Waals surface area contributed by atoms with Crippen molar-refractivity contribution in [1.82, 2.24) is 0 Å². The first kappa shape index (κ1) is 24.4. The number of hydrogen-bond donors (Lipinski definition) is 0. The van der Waals surface area contributed by atoms with Gasteiger partial charge in [-0.3, -0.25) is 0 Å². The molecule has 0 heteroatoms. The van der Waals surface area contributed by atoms with Gasteiger partial charge in [0.1, 0.15) is 0 Å². The van der Waals surface area contributed by atoms with Gasteiger partial charge in [-0.15, -0.1) is 0 Å². The van der Waals surface area contributed by atoms with Crippen molar-refractivity contribution in [2.45, 2.75) is 62.3 Å². The predicted molar refractivity (Wildman–Crippen MR) is 115 cm³/mol. The van der Waals surface area contributed by atoms with Crippen LogP contribution >= 0.6 is 0 Å². The zero-order valence-corrected chi connectivity index (χ0v) is 17.5. The van der Waals surface area contributed by atoms with Crippen molar-refractivity contribution in [2.24, 2.45) is 5.92 Å². The molecular formula is C24H38. The van der Waals surface area contributed by atoms with Crippen molar-refractivity contribution in [3.63, 3.8) is 0 Å².